The van der Waals surface area contributed by atoms with E-state index in [0.717, 1.165) is 11.3 Å². The third kappa shape index (κ3) is 3.26. The van der Waals surface area contributed by atoms with E-state index in [1.807, 2.05) is 0 Å². The molecule has 0 saturated heterocycles. The predicted molar refractivity (Wildman–Crippen MR) is 82.7 cm³/mol. The Balaban J connectivity index is 2.36. The first-order valence-electron chi connectivity index (χ1n) is 6.88. The number of hydrogen-bond donors (Lipinski definition) is 0. The quantitative estimate of drug-likeness (QED) is 0.374. The van der Waals surface area contributed by atoms with E-state index in [0.29, 0.717) is 28.5 Å². The van der Waals surface area contributed by atoms with E-state index in [4.69, 9.17) is 0 Å². The van der Waals surface area contributed by atoms with Crippen molar-refractivity contribution in [1.82, 2.24) is 0 Å². The molecular formula is C17H8F6OS. The molecular weight excluding hydrogens is 366 g/mol. The molecule has 0 radical (unpaired) electrons. The fourth-order valence-electron chi connectivity index (χ4n) is 2.54. The van der Waals surface area contributed by atoms with Crippen molar-refractivity contribution < 1.29 is 31.1 Å². The van der Waals surface area contributed by atoms with E-state index in [1.54, 1.807) is 24.3 Å². The highest BCUT2D eigenvalue weighted by molar-refractivity contribution is 7.21. The average Bonchev–Trinajstić information content (AvgIpc) is 2.91. The molecule has 0 bridgehead atoms. The van der Waals surface area contributed by atoms with Gasteiger partial charge in [0.05, 0.1) is 16.0 Å². The van der Waals surface area contributed by atoms with Crippen LogP contribution in [0.2, 0.25) is 0 Å². The second-order valence-corrected chi connectivity index (χ2v) is 6.33. The van der Waals surface area contributed by atoms with Gasteiger partial charge in [0.1, 0.15) is 0 Å². The van der Waals surface area contributed by atoms with Gasteiger partial charge in [0, 0.05) is 15.6 Å². The van der Waals surface area contributed by atoms with Crippen molar-refractivity contribution in [3.8, 4) is 11.1 Å². The van der Waals surface area contributed by atoms with Crippen LogP contribution in [0, 0.1) is 0 Å². The van der Waals surface area contributed by atoms with Crippen LogP contribution in [-0.2, 0) is 12.4 Å². The minimum atomic E-state index is -4.94. The highest BCUT2D eigenvalue weighted by Crippen LogP contribution is 2.43. The lowest BCUT2D eigenvalue weighted by atomic mass is 9.97. The number of halogens is 6. The fourth-order valence-corrected chi connectivity index (χ4v) is 3.59. The monoisotopic (exact) mass is 374 g/mol. The van der Waals surface area contributed by atoms with E-state index in [-0.39, 0.29) is 22.1 Å². The Morgan fingerprint density at radius 1 is 0.840 bits per heavy atom. The molecule has 0 N–H and O–H groups in total. The van der Waals surface area contributed by atoms with Gasteiger partial charge in [0.15, 0.2) is 6.29 Å². The van der Waals surface area contributed by atoms with Crippen molar-refractivity contribution in [3.63, 3.8) is 0 Å². The molecule has 130 valence electrons. The molecule has 25 heavy (non-hydrogen) atoms. The van der Waals surface area contributed by atoms with Crippen LogP contribution in [0.15, 0.2) is 42.5 Å². The number of alkyl halides is 6. The van der Waals surface area contributed by atoms with E-state index in [1.165, 1.54) is 0 Å². The van der Waals surface area contributed by atoms with Crippen LogP contribution in [0.4, 0.5) is 26.3 Å². The van der Waals surface area contributed by atoms with Crippen LogP contribution < -0.4 is 0 Å². The van der Waals surface area contributed by atoms with Gasteiger partial charge in [-0.25, -0.2) is 0 Å². The number of carbonyl (C=O) groups is 1. The molecule has 2 aromatic carbocycles. The minimum absolute atomic E-state index is 0.0681. The maximum Gasteiger partial charge on any atom is 0.416 e. The average molecular weight is 374 g/mol. The van der Waals surface area contributed by atoms with Gasteiger partial charge in [-0.1, -0.05) is 18.2 Å². The largest absolute Gasteiger partial charge is 0.416 e. The minimum Gasteiger partial charge on any atom is -0.297 e. The number of rotatable bonds is 2. The normalized spacial score (nSPS) is 12.6. The molecule has 3 aromatic rings. The summed E-state index contributed by atoms with van der Waals surface area (Å²) in [5, 5.41) is 0.432. The van der Waals surface area contributed by atoms with E-state index in [2.05, 4.69) is 0 Å². The molecule has 0 aliphatic rings. The molecule has 0 aliphatic heterocycles. The van der Waals surface area contributed by atoms with Gasteiger partial charge in [0.2, 0.25) is 0 Å². The van der Waals surface area contributed by atoms with Gasteiger partial charge < -0.3 is 0 Å². The van der Waals surface area contributed by atoms with Gasteiger partial charge in [-0.3, -0.25) is 4.79 Å². The number of aldehydes is 1. The first-order valence-corrected chi connectivity index (χ1v) is 7.69. The van der Waals surface area contributed by atoms with Gasteiger partial charge >= 0.3 is 12.4 Å². The number of thiophene rings is 1. The molecule has 3 rings (SSSR count). The Hall–Kier alpha value is -2.35. The van der Waals surface area contributed by atoms with Crippen LogP contribution in [-0.4, -0.2) is 6.29 Å². The molecule has 1 heterocycles. The molecule has 0 fully saturated rings. The lowest BCUT2D eigenvalue weighted by molar-refractivity contribution is -0.143. The Morgan fingerprint density at radius 2 is 1.40 bits per heavy atom. The van der Waals surface area contributed by atoms with Crippen LogP contribution in [0.3, 0.4) is 0 Å². The summed E-state index contributed by atoms with van der Waals surface area (Å²) in [6.07, 6.45) is -9.44. The Morgan fingerprint density at radius 3 is 1.92 bits per heavy atom. The van der Waals surface area contributed by atoms with Gasteiger partial charge in [-0.2, -0.15) is 26.3 Å². The molecule has 0 aliphatic carbocycles. The van der Waals surface area contributed by atoms with Crippen molar-refractivity contribution >= 4 is 27.7 Å². The van der Waals surface area contributed by atoms with Crippen molar-refractivity contribution in [3.05, 3.63) is 58.5 Å². The van der Waals surface area contributed by atoms with Crippen molar-refractivity contribution in [1.29, 1.82) is 0 Å². The number of carbonyl (C=O) groups excluding carboxylic acids is 1. The predicted octanol–water partition coefficient (Wildman–Crippen LogP) is 6.42. The molecule has 0 saturated carbocycles. The molecule has 1 aromatic heterocycles. The summed E-state index contributed by atoms with van der Waals surface area (Å²) in [7, 11) is 0. The molecule has 0 atom stereocenters. The van der Waals surface area contributed by atoms with Gasteiger partial charge in [-0.15, -0.1) is 11.3 Å². The van der Waals surface area contributed by atoms with Crippen molar-refractivity contribution in [2.24, 2.45) is 0 Å². The van der Waals surface area contributed by atoms with Crippen LogP contribution in [0.5, 0.6) is 0 Å². The topological polar surface area (TPSA) is 17.1 Å². The third-order valence-electron chi connectivity index (χ3n) is 3.61. The smallest absolute Gasteiger partial charge is 0.297 e. The SMILES string of the molecule is O=Cc1sc2ccccc2c1-c1cc(C(F)(F)F)cc(C(F)(F)F)c1. The lowest BCUT2D eigenvalue weighted by Gasteiger charge is -2.14. The van der Waals surface area contributed by atoms with Gasteiger partial charge in [0.25, 0.3) is 0 Å². The number of hydrogen-bond acceptors (Lipinski definition) is 2. The highest BCUT2D eigenvalue weighted by atomic mass is 32.1. The van der Waals surface area contributed by atoms with E-state index < -0.39 is 23.5 Å². The zero-order chi connectivity index (χ0) is 18.4. The second-order valence-electron chi connectivity index (χ2n) is 5.25. The maximum atomic E-state index is 13.0. The molecule has 0 spiro atoms. The van der Waals surface area contributed by atoms with Crippen LogP contribution >= 0.6 is 11.3 Å². The zero-order valence-electron chi connectivity index (χ0n) is 12.2. The molecule has 8 heteroatoms. The highest BCUT2D eigenvalue weighted by Gasteiger charge is 2.37. The van der Waals surface area contributed by atoms with Crippen LogP contribution in [0.1, 0.15) is 20.8 Å². The lowest BCUT2D eigenvalue weighted by Crippen LogP contribution is -2.11. The molecule has 0 amide bonds. The standard InChI is InChI=1S/C17H8F6OS/c18-16(19,20)10-5-9(6-11(7-10)17(21,22)23)15-12-3-1-2-4-13(12)25-14(15)8-24/h1-8H. The molecule has 1 nitrogen and oxygen atoms in total. The first kappa shape index (κ1) is 17.5. The van der Waals surface area contributed by atoms with E-state index >= 15 is 0 Å². The first-order chi connectivity index (χ1) is 11.6. The summed E-state index contributed by atoms with van der Waals surface area (Å²) in [4.78, 5) is 11.4. The summed E-state index contributed by atoms with van der Waals surface area (Å²) >= 11 is 1.01. The van der Waals surface area contributed by atoms with E-state index in [9.17, 15) is 31.1 Å². The summed E-state index contributed by atoms with van der Waals surface area (Å²) in [5.41, 5.74) is -3.04. The Kier molecular flexibility index (Phi) is 4.10. The zero-order valence-corrected chi connectivity index (χ0v) is 13.0. The summed E-state index contributed by atoms with van der Waals surface area (Å²) in [6.45, 7) is 0. The summed E-state index contributed by atoms with van der Waals surface area (Å²) in [5.74, 6) is 0. The second kappa shape index (κ2) is 5.87. The fraction of sp³-hybridized carbons (Fsp3) is 0.118. The third-order valence-corrected chi connectivity index (χ3v) is 4.70. The Bertz CT molecular complexity index is 920. The van der Waals surface area contributed by atoms with Gasteiger partial charge in [-0.05, 0) is 29.8 Å². The van der Waals surface area contributed by atoms with Crippen molar-refractivity contribution in [2.75, 3.05) is 0 Å². The number of fused-ring (bicyclic) bond motifs is 1. The van der Waals surface area contributed by atoms with Crippen molar-refractivity contribution in [2.45, 2.75) is 12.4 Å². The molecule has 0 unspecified atom stereocenters. The van der Waals surface area contributed by atoms with Crippen LogP contribution in [0.25, 0.3) is 21.2 Å². The Labute approximate surface area is 141 Å². The summed E-state index contributed by atoms with van der Waals surface area (Å²) in [6, 6.07) is 7.82. The summed E-state index contributed by atoms with van der Waals surface area (Å²) < 4.78 is 78.8. The maximum absolute atomic E-state index is 13.0. The number of benzene rings is 2.